The lowest BCUT2D eigenvalue weighted by Gasteiger charge is -2.40. The Balaban J connectivity index is 1.26. The van der Waals surface area contributed by atoms with E-state index in [1.165, 1.54) is 25.0 Å². The fourth-order valence-corrected chi connectivity index (χ4v) is 5.60. The topological polar surface area (TPSA) is 76.8 Å². The maximum atomic E-state index is 13.9. The molecule has 178 valence electrons. The van der Waals surface area contributed by atoms with Gasteiger partial charge in [0, 0.05) is 17.8 Å². The van der Waals surface area contributed by atoms with E-state index in [2.05, 4.69) is 37.6 Å². The number of piperidine rings is 1. The number of halogens is 1. The first-order chi connectivity index (χ1) is 17.0. The smallest absolute Gasteiger partial charge is 0.256 e. The van der Waals surface area contributed by atoms with E-state index in [9.17, 15) is 4.39 Å². The number of oxime groups is 1. The summed E-state index contributed by atoms with van der Waals surface area (Å²) in [6.07, 6.45) is 7.19. The zero-order valence-electron chi connectivity index (χ0n) is 19.6. The third-order valence-electron chi connectivity index (χ3n) is 7.60. The number of benzene rings is 2. The fourth-order valence-electron chi connectivity index (χ4n) is 5.60. The summed E-state index contributed by atoms with van der Waals surface area (Å²) in [5, 5.41) is 12.3. The zero-order chi connectivity index (χ0) is 23.8. The van der Waals surface area contributed by atoms with Gasteiger partial charge in [-0.15, -0.1) is 0 Å². The first-order valence-corrected chi connectivity index (χ1v) is 11.8. The Morgan fingerprint density at radius 1 is 1.20 bits per heavy atom. The van der Waals surface area contributed by atoms with Crippen molar-refractivity contribution in [2.45, 2.75) is 31.9 Å². The van der Waals surface area contributed by atoms with Crippen LogP contribution >= 0.6 is 0 Å². The normalized spacial score (nSPS) is 24.3. The molecule has 0 bridgehead atoms. The Morgan fingerprint density at radius 3 is 2.86 bits per heavy atom. The maximum Gasteiger partial charge on any atom is 0.256 e. The number of hydrogen-bond donors (Lipinski definition) is 1. The number of anilines is 1. The Kier molecular flexibility index (Phi) is 4.14. The molecule has 1 saturated heterocycles. The monoisotopic (exact) mass is 472 g/mol. The van der Waals surface area contributed by atoms with Gasteiger partial charge in [-0.2, -0.15) is 5.10 Å². The van der Waals surface area contributed by atoms with Gasteiger partial charge in [0.05, 0.1) is 13.7 Å². The van der Waals surface area contributed by atoms with Gasteiger partial charge in [0.15, 0.2) is 5.84 Å². The molecule has 4 aliphatic rings. The first kappa shape index (κ1) is 20.5. The molecule has 2 aromatic carbocycles. The van der Waals surface area contributed by atoms with Gasteiger partial charge in [-0.3, -0.25) is 0 Å². The van der Waals surface area contributed by atoms with Gasteiger partial charge in [-0.25, -0.2) is 14.1 Å². The molecule has 4 heterocycles. The van der Waals surface area contributed by atoms with E-state index in [4.69, 9.17) is 9.57 Å². The molecule has 1 saturated carbocycles. The summed E-state index contributed by atoms with van der Waals surface area (Å²) in [4.78, 5) is 12.7. The molecular weight excluding hydrogens is 447 g/mol. The summed E-state index contributed by atoms with van der Waals surface area (Å²) in [5.41, 5.74) is 4.20. The molecule has 2 fully saturated rings. The number of fused-ring (bicyclic) bond motifs is 4. The zero-order valence-corrected chi connectivity index (χ0v) is 19.6. The average molecular weight is 473 g/mol. The largest absolute Gasteiger partial charge is 0.494 e. The second-order valence-corrected chi connectivity index (χ2v) is 9.93. The van der Waals surface area contributed by atoms with E-state index in [1.54, 1.807) is 18.1 Å². The van der Waals surface area contributed by atoms with Crippen LogP contribution in [0, 0.1) is 18.2 Å². The minimum absolute atomic E-state index is 0.233. The number of aromatic nitrogens is 3. The lowest BCUT2D eigenvalue weighted by Crippen LogP contribution is -2.52. The summed E-state index contributed by atoms with van der Waals surface area (Å²) in [7, 11) is 1.66. The van der Waals surface area contributed by atoms with Crippen molar-refractivity contribution >= 4 is 17.6 Å². The van der Waals surface area contributed by atoms with E-state index in [0.717, 1.165) is 52.6 Å². The molecule has 1 aliphatic carbocycles. The van der Waals surface area contributed by atoms with Crippen LogP contribution < -0.4 is 10.1 Å². The van der Waals surface area contributed by atoms with Gasteiger partial charge >= 0.3 is 0 Å². The van der Waals surface area contributed by atoms with Crippen LogP contribution in [0.4, 0.5) is 10.1 Å². The summed E-state index contributed by atoms with van der Waals surface area (Å²) in [6, 6.07) is 10.9. The molecule has 7 rings (SSSR count). The molecule has 2 spiro atoms. The van der Waals surface area contributed by atoms with Crippen molar-refractivity contribution in [1.82, 2.24) is 19.7 Å². The van der Waals surface area contributed by atoms with Crippen molar-refractivity contribution < 1.29 is 14.0 Å². The molecule has 3 aliphatic heterocycles. The van der Waals surface area contributed by atoms with Gasteiger partial charge in [-0.05, 0) is 79.1 Å². The Morgan fingerprint density at radius 2 is 2.09 bits per heavy atom. The fraction of sp³-hybridized carbons (Fsp3) is 0.346. The number of amidine groups is 1. The molecule has 1 atom stereocenters. The maximum absolute atomic E-state index is 13.9. The number of nitrogens with zero attached hydrogens (tertiary/aromatic N) is 5. The molecule has 8 nitrogen and oxygen atoms in total. The number of rotatable bonds is 3. The number of nitrogens with one attached hydrogen (secondary N) is 1. The highest BCUT2D eigenvalue weighted by Gasteiger charge is 2.59. The highest BCUT2D eigenvalue weighted by atomic mass is 19.1. The summed E-state index contributed by atoms with van der Waals surface area (Å²) in [6.45, 7) is 3.27. The molecule has 1 unspecified atom stereocenters. The lowest BCUT2D eigenvalue weighted by molar-refractivity contribution is -0.0957. The second-order valence-electron chi connectivity index (χ2n) is 9.93. The van der Waals surface area contributed by atoms with Crippen molar-refractivity contribution in [3.63, 3.8) is 0 Å². The molecule has 1 aromatic heterocycles. The second kappa shape index (κ2) is 7.07. The van der Waals surface area contributed by atoms with Crippen LogP contribution in [0.25, 0.3) is 11.8 Å². The highest BCUT2D eigenvalue weighted by molar-refractivity contribution is 6.04. The van der Waals surface area contributed by atoms with Crippen LogP contribution in [0.1, 0.15) is 36.2 Å². The van der Waals surface area contributed by atoms with Gasteiger partial charge in [0.25, 0.3) is 5.72 Å². The molecular formula is C26H25FN6O2. The van der Waals surface area contributed by atoms with Gasteiger partial charge in [0.2, 0.25) is 0 Å². The van der Waals surface area contributed by atoms with Gasteiger partial charge in [0.1, 0.15) is 29.4 Å². The standard InChI is InChI=1S/C26H25FN6O2/c1-16-29-15-33(30-16)22-6-3-17(10-23(22)34-2)9-18-12-25(7-8-25)14-32-24(18)31-35-26(32)13-28-21-11-19(27)4-5-20(21)26/h3-6,9-11,15,28H,7-8,12-14H2,1-2H3/b18-9+. The first-order valence-electron chi connectivity index (χ1n) is 11.8. The van der Waals surface area contributed by atoms with Crippen molar-refractivity contribution in [3.8, 4) is 11.4 Å². The van der Waals surface area contributed by atoms with Gasteiger partial charge < -0.3 is 19.8 Å². The van der Waals surface area contributed by atoms with Crippen molar-refractivity contribution in [2.24, 2.45) is 10.6 Å². The number of methoxy groups -OCH3 is 1. The third kappa shape index (κ3) is 3.07. The predicted molar refractivity (Wildman–Crippen MR) is 129 cm³/mol. The molecule has 35 heavy (non-hydrogen) atoms. The molecule has 0 amide bonds. The van der Waals surface area contributed by atoms with Crippen LogP contribution in [-0.4, -0.2) is 45.7 Å². The average Bonchev–Trinajstić information content (AvgIpc) is 3.17. The van der Waals surface area contributed by atoms with Crippen LogP contribution in [0.15, 0.2) is 53.5 Å². The molecule has 1 N–H and O–H groups in total. The Bertz CT molecular complexity index is 1420. The minimum Gasteiger partial charge on any atom is -0.494 e. The summed E-state index contributed by atoms with van der Waals surface area (Å²) in [5.74, 6) is 2.02. The quantitative estimate of drug-likeness (QED) is 0.615. The van der Waals surface area contributed by atoms with Crippen LogP contribution in [0.5, 0.6) is 5.75 Å². The Labute approximate surface area is 202 Å². The van der Waals surface area contributed by atoms with Crippen molar-refractivity contribution in [3.05, 3.63) is 71.1 Å². The van der Waals surface area contributed by atoms with E-state index in [-0.39, 0.29) is 11.2 Å². The number of aryl methyl sites for hydroxylation is 1. The number of ether oxygens (including phenoxy) is 1. The van der Waals surface area contributed by atoms with Gasteiger partial charge in [-0.1, -0.05) is 11.2 Å². The van der Waals surface area contributed by atoms with E-state index >= 15 is 0 Å². The predicted octanol–water partition coefficient (Wildman–Crippen LogP) is 4.21. The van der Waals surface area contributed by atoms with E-state index < -0.39 is 5.72 Å². The van der Waals surface area contributed by atoms with E-state index in [0.29, 0.717) is 12.4 Å². The highest BCUT2D eigenvalue weighted by Crippen LogP contribution is 2.58. The number of hydrogen-bond acceptors (Lipinski definition) is 7. The third-order valence-corrected chi connectivity index (χ3v) is 7.60. The summed E-state index contributed by atoms with van der Waals surface area (Å²) < 4.78 is 21.3. The van der Waals surface area contributed by atoms with Crippen LogP contribution in [0.2, 0.25) is 0 Å². The lowest BCUT2D eigenvalue weighted by atomic mass is 9.86. The molecule has 3 aromatic rings. The minimum atomic E-state index is -0.736. The van der Waals surface area contributed by atoms with E-state index in [1.807, 2.05) is 25.1 Å². The van der Waals surface area contributed by atoms with Crippen LogP contribution in [0.3, 0.4) is 0 Å². The molecule has 0 radical (unpaired) electrons. The van der Waals surface area contributed by atoms with Crippen molar-refractivity contribution in [1.29, 1.82) is 0 Å². The SMILES string of the molecule is COc1cc(/C=C2\CC3(CC3)CN3C2=NOC32CNc3cc(F)ccc32)ccc1-n1cnc(C)n1. The van der Waals surface area contributed by atoms with Crippen LogP contribution in [-0.2, 0) is 10.6 Å². The Hall–Kier alpha value is -3.88. The van der Waals surface area contributed by atoms with Crippen molar-refractivity contribution in [2.75, 3.05) is 25.5 Å². The molecule has 9 heteroatoms. The summed E-state index contributed by atoms with van der Waals surface area (Å²) >= 11 is 0.